The first-order valence-electron chi connectivity index (χ1n) is 7.78. The maximum absolute atomic E-state index is 10.3. The Labute approximate surface area is 114 Å². The molecule has 2 fully saturated rings. The molecule has 4 rings (SSSR count). The molecule has 2 heteroatoms. The molecule has 4 aliphatic carbocycles. The second-order valence-corrected chi connectivity index (χ2v) is 6.61. The van der Waals surface area contributed by atoms with Gasteiger partial charge in [0.15, 0.2) is 0 Å². The van der Waals surface area contributed by atoms with Crippen molar-refractivity contribution < 1.29 is 10.2 Å². The molecule has 0 aromatic carbocycles. The Morgan fingerprint density at radius 2 is 1.95 bits per heavy atom. The van der Waals surface area contributed by atoms with Gasteiger partial charge < -0.3 is 10.2 Å². The summed E-state index contributed by atoms with van der Waals surface area (Å²) in [4.78, 5) is 0. The van der Waals surface area contributed by atoms with Crippen LogP contribution in [0.25, 0.3) is 0 Å². The third-order valence-electron chi connectivity index (χ3n) is 5.70. The number of aliphatic hydroxyl groups excluding tert-OH is 2. The van der Waals surface area contributed by atoms with Gasteiger partial charge in [-0.1, -0.05) is 6.08 Å². The van der Waals surface area contributed by atoms with Crippen molar-refractivity contribution in [3.05, 3.63) is 34.6 Å². The van der Waals surface area contributed by atoms with Crippen LogP contribution in [0, 0.1) is 17.8 Å². The number of aliphatic hydroxyl groups is 2. The topological polar surface area (TPSA) is 40.5 Å². The number of hydrogen-bond donors (Lipinski definition) is 2. The molecule has 0 bridgehead atoms. The van der Waals surface area contributed by atoms with E-state index >= 15 is 0 Å². The molecule has 0 amide bonds. The summed E-state index contributed by atoms with van der Waals surface area (Å²) in [5.74, 6) is 1.83. The van der Waals surface area contributed by atoms with Crippen LogP contribution in [-0.2, 0) is 0 Å². The van der Waals surface area contributed by atoms with E-state index in [1.807, 2.05) is 6.08 Å². The van der Waals surface area contributed by atoms with Gasteiger partial charge in [-0.15, -0.1) is 0 Å². The minimum absolute atomic E-state index is 0.198. The predicted octanol–water partition coefficient (Wildman–Crippen LogP) is 3.65. The largest absolute Gasteiger partial charge is 0.508 e. The summed E-state index contributed by atoms with van der Waals surface area (Å²) < 4.78 is 0. The average molecular weight is 258 g/mol. The van der Waals surface area contributed by atoms with Gasteiger partial charge in [0.2, 0.25) is 0 Å². The van der Waals surface area contributed by atoms with Crippen LogP contribution in [0.15, 0.2) is 34.6 Å². The lowest BCUT2D eigenvalue weighted by Crippen LogP contribution is -2.34. The number of rotatable bonds is 0. The van der Waals surface area contributed by atoms with Crippen molar-refractivity contribution in [3.8, 4) is 0 Å². The highest BCUT2D eigenvalue weighted by Gasteiger charge is 2.45. The van der Waals surface area contributed by atoms with Gasteiger partial charge in [0.05, 0.1) is 6.10 Å². The van der Waals surface area contributed by atoms with E-state index in [4.69, 9.17) is 0 Å². The molecule has 0 saturated heterocycles. The molecule has 0 spiro atoms. The van der Waals surface area contributed by atoms with Crippen molar-refractivity contribution in [2.24, 2.45) is 17.8 Å². The summed E-state index contributed by atoms with van der Waals surface area (Å²) >= 11 is 0. The van der Waals surface area contributed by atoms with Crippen LogP contribution in [0.3, 0.4) is 0 Å². The van der Waals surface area contributed by atoms with Crippen molar-refractivity contribution in [2.75, 3.05) is 0 Å². The van der Waals surface area contributed by atoms with Crippen molar-refractivity contribution >= 4 is 0 Å². The summed E-state index contributed by atoms with van der Waals surface area (Å²) in [6, 6.07) is 0. The van der Waals surface area contributed by atoms with Gasteiger partial charge >= 0.3 is 0 Å². The van der Waals surface area contributed by atoms with E-state index in [2.05, 4.69) is 6.08 Å². The number of allylic oxidation sites excluding steroid dienone is 4. The average Bonchev–Trinajstić information content (AvgIpc) is 2.82. The Bertz CT molecular complexity index is 497. The van der Waals surface area contributed by atoms with Gasteiger partial charge in [0.1, 0.15) is 5.76 Å². The van der Waals surface area contributed by atoms with Gasteiger partial charge in [-0.2, -0.15) is 0 Å². The van der Waals surface area contributed by atoms with Crippen molar-refractivity contribution in [1.82, 2.24) is 0 Å². The molecular formula is C17H22O2. The maximum atomic E-state index is 10.3. The summed E-state index contributed by atoms with van der Waals surface area (Å²) in [7, 11) is 0. The fraction of sp³-hybridized carbons (Fsp3) is 0.647. The zero-order chi connectivity index (χ0) is 13.0. The van der Waals surface area contributed by atoms with E-state index in [-0.39, 0.29) is 12.0 Å². The third-order valence-corrected chi connectivity index (χ3v) is 5.70. The van der Waals surface area contributed by atoms with Crippen LogP contribution >= 0.6 is 0 Å². The monoisotopic (exact) mass is 258 g/mol. The third kappa shape index (κ3) is 1.66. The van der Waals surface area contributed by atoms with Crippen LogP contribution in [0.1, 0.15) is 44.9 Å². The molecule has 4 unspecified atom stereocenters. The molecule has 2 N–H and O–H groups in total. The predicted molar refractivity (Wildman–Crippen MR) is 74.6 cm³/mol. The van der Waals surface area contributed by atoms with E-state index in [0.717, 1.165) is 18.4 Å². The lowest BCUT2D eigenvalue weighted by Gasteiger charge is -2.42. The Balaban J connectivity index is 1.79. The molecule has 19 heavy (non-hydrogen) atoms. The van der Waals surface area contributed by atoms with E-state index in [1.54, 1.807) is 0 Å². The Morgan fingerprint density at radius 1 is 1.05 bits per heavy atom. The van der Waals surface area contributed by atoms with Crippen LogP contribution in [-0.4, -0.2) is 16.3 Å². The lowest BCUT2D eigenvalue weighted by molar-refractivity contribution is 0.108. The standard InChI is InChI=1S/C17H22O2/c18-15-8-7-13-16(19)9-14-11-4-2-1-3-10(11)5-6-12(14)17(13)15/h4,9-10,12,15,17-19H,1-3,5-8H2. The molecule has 4 atom stereocenters. The molecule has 0 heterocycles. The van der Waals surface area contributed by atoms with Crippen LogP contribution in [0.4, 0.5) is 0 Å². The maximum Gasteiger partial charge on any atom is 0.115 e. The molecule has 0 aromatic heterocycles. The van der Waals surface area contributed by atoms with E-state index in [0.29, 0.717) is 17.6 Å². The molecule has 2 nitrogen and oxygen atoms in total. The van der Waals surface area contributed by atoms with E-state index < -0.39 is 0 Å². The highest BCUT2D eigenvalue weighted by molar-refractivity contribution is 5.48. The summed E-state index contributed by atoms with van der Waals surface area (Å²) in [5.41, 5.74) is 3.96. The molecule has 2 saturated carbocycles. The fourth-order valence-electron chi connectivity index (χ4n) is 4.84. The van der Waals surface area contributed by atoms with Gasteiger partial charge in [-0.3, -0.25) is 0 Å². The zero-order valence-corrected chi connectivity index (χ0v) is 11.3. The number of fused-ring (bicyclic) bond motifs is 5. The first-order chi connectivity index (χ1) is 9.25. The van der Waals surface area contributed by atoms with Crippen molar-refractivity contribution in [1.29, 1.82) is 0 Å². The number of hydrogen-bond acceptors (Lipinski definition) is 2. The normalized spacial score (nSPS) is 41.1. The zero-order valence-electron chi connectivity index (χ0n) is 11.3. The summed E-state index contributed by atoms with van der Waals surface area (Å²) in [6.45, 7) is 0. The molecule has 0 aliphatic heterocycles. The summed E-state index contributed by atoms with van der Waals surface area (Å²) in [6.07, 6.45) is 12.1. The second kappa shape index (κ2) is 4.24. The minimum Gasteiger partial charge on any atom is -0.508 e. The summed E-state index contributed by atoms with van der Waals surface area (Å²) in [5, 5.41) is 20.6. The van der Waals surface area contributed by atoms with Gasteiger partial charge in [-0.05, 0) is 79.6 Å². The van der Waals surface area contributed by atoms with E-state index in [1.165, 1.54) is 43.3 Å². The van der Waals surface area contributed by atoms with Crippen molar-refractivity contribution in [3.63, 3.8) is 0 Å². The van der Waals surface area contributed by atoms with Gasteiger partial charge in [0, 0.05) is 5.92 Å². The minimum atomic E-state index is -0.244. The Hall–Kier alpha value is -1.02. The molecule has 4 aliphatic rings. The lowest BCUT2D eigenvalue weighted by atomic mass is 9.63. The fourth-order valence-corrected chi connectivity index (χ4v) is 4.84. The van der Waals surface area contributed by atoms with Gasteiger partial charge in [-0.25, -0.2) is 0 Å². The molecular weight excluding hydrogens is 236 g/mol. The first-order valence-corrected chi connectivity index (χ1v) is 7.78. The highest BCUT2D eigenvalue weighted by atomic mass is 16.3. The molecule has 0 radical (unpaired) electrons. The van der Waals surface area contributed by atoms with Crippen LogP contribution in [0.2, 0.25) is 0 Å². The van der Waals surface area contributed by atoms with Crippen LogP contribution in [0.5, 0.6) is 0 Å². The van der Waals surface area contributed by atoms with Crippen LogP contribution < -0.4 is 0 Å². The smallest absolute Gasteiger partial charge is 0.115 e. The Morgan fingerprint density at radius 3 is 2.84 bits per heavy atom. The SMILES string of the molecule is OC1=C2CCC(O)C2C2CCC3CCCC=C3C2=C1. The molecule has 0 aromatic rings. The Kier molecular flexibility index (Phi) is 2.63. The van der Waals surface area contributed by atoms with E-state index in [9.17, 15) is 10.2 Å². The van der Waals surface area contributed by atoms with Crippen molar-refractivity contribution in [2.45, 2.75) is 51.0 Å². The van der Waals surface area contributed by atoms with Gasteiger partial charge in [0.25, 0.3) is 0 Å². The quantitative estimate of drug-likeness (QED) is 0.696. The molecule has 102 valence electrons. The highest BCUT2D eigenvalue weighted by Crippen LogP contribution is 2.53. The first kappa shape index (κ1) is 11.8. The second-order valence-electron chi connectivity index (χ2n) is 6.61.